The molecule has 5 heteroatoms. The number of benzene rings is 5. The van der Waals surface area contributed by atoms with E-state index in [9.17, 15) is 5.26 Å². The molecule has 0 saturated heterocycles. The van der Waals surface area contributed by atoms with Crippen LogP contribution in [0, 0.1) is 46.8 Å². The lowest BCUT2D eigenvalue weighted by Gasteiger charge is -2.51. The molecule has 0 N–H and O–H groups in total. The van der Waals surface area contributed by atoms with Crippen molar-refractivity contribution in [3.63, 3.8) is 0 Å². The summed E-state index contributed by atoms with van der Waals surface area (Å²) in [7, 11) is 0. The van der Waals surface area contributed by atoms with Crippen LogP contribution >= 0.6 is 0 Å². The van der Waals surface area contributed by atoms with Gasteiger partial charge >= 0.3 is 0 Å². The third-order valence-corrected chi connectivity index (χ3v) is 15.9. The van der Waals surface area contributed by atoms with Crippen LogP contribution in [0.25, 0.3) is 67.2 Å². The first-order chi connectivity index (χ1) is 30.1. The fourth-order valence-corrected chi connectivity index (χ4v) is 13.8. The normalized spacial score (nSPS) is 28.2. The number of nitriles is 1. The summed E-state index contributed by atoms with van der Waals surface area (Å²) in [6, 6.07) is 41.4. The summed E-state index contributed by atoms with van der Waals surface area (Å²) in [5.41, 5.74) is 10.8. The second-order valence-electron chi connectivity index (χ2n) is 20.7. The molecule has 0 spiro atoms. The van der Waals surface area contributed by atoms with E-state index in [2.05, 4.69) is 125 Å². The summed E-state index contributed by atoms with van der Waals surface area (Å²) in [5.74, 6) is 6.93. The van der Waals surface area contributed by atoms with E-state index in [1.807, 2.05) is 18.2 Å². The van der Waals surface area contributed by atoms with E-state index >= 15 is 0 Å². The van der Waals surface area contributed by atoms with Crippen LogP contribution in [0.2, 0.25) is 0 Å². The average Bonchev–Trinajstić information content (AvgIpc) is 3.65. The minimum absolute atomic E-state index is 0.276. The van der Waals surface area contributed by atoms with E-state index in [4.69, 9.17) is 19.4 Å². The molecule has 312 valence electrons. The number of nitrogens with zero attached hydrogens (tertiary/aromatic N) is 4. The van der Waals surface area contributed by atoms with Gasteiger partial charge in [-0.1, -0.05) is 113 Å². The summed E-state index contributed by atoms with van der Waals surface area (Å²) in [5, 5.41) is 11.5. The van der Waals surface area contributed by atoms with Crippen molar-refractivity contribution in [1.29, 1.82) is 5.26 Å². The Balaban J connectivity index is 0.949. The van der Waals surface area contributed by atoms with Crippen LogP contribution in [-0.4, -0.2) is 15.0 Å². The highest BCUT2D eigenvalue weighted by atomic mass is 16.3. The Morgan fingerprint density at radius 2 is 0.952 bits per heavy atom. The molecule has 4 saturated carbocycles. The van der Waals surface area contributed by atoms with E-state index in [-0.39, 0.29) is 10.8 Å². The Morgan fingerprint density at radius 3 is 1.47 bits per heavy atom. The van der Waals surface area contributed by atoms with E-state index in [1.165, 1.54) is 81.8 Å². The van der Waals surface area contributed by atoms with Crippen molar-refractivity contribution < 1.29 is 4.42 Å². The van der Waals surface area contributed by atoms with Gasteiger partial charge in [-0.25, -0.2) is 15.0 Å². The van der Waals surface area contributed by atoms with Crippen LogP contribution in [0.4, 0.5) is 0 Å². The minimum Gasteiger partial charge on any atom is -0.456 e. The lowest BCUT2D eigenvalue weighted by atomic mass is 9.54. The molecule has 7 aromatic rings. The fourth-order valence-electron chi connectivity index (χ4n) is 13.8. The van der Waals surface area contributed by atoms with Crippen molar-refractivity contribution in [3.8, 4) is 51.4 Å². The largest absolute Gasteiger partial charge is 0.456 e. The molecule has 11 rings (SSSR count). The number of furan rings is 1. The Morgan fingerprint density at radius 1 is 0.516 bits per heavy atom. The Hall–Kier alpha value is -5.60. The van der Waals surface area contributed by atoms with Crippen molar-refractivity contribution in [2.24, 2.45) is 35.5 Å². The molecule has 0 radical (unpaired) electrons. The predicted molar refractivity (Wildman–Crippen MR) is 251 cm³/mol. The third kappa shape index (κ3) is 7.04. The summed E-state index contributed by atoms with van der Waals surface area (Å²) in [6.45, 7) is 9.79. The molecule has 5 aromatic carbocycles. The van der Waals surface area contributed by atoms with E-state index in [0.717, 1.165) is 85.3 Å². The molecule has 5 nitrogen and oxygen atoms in total. The third-order valence-electron chi connectivity index (χ3n) is 15.9. The number of fused-ring (bicyclic) bond motifs is 7. The van der Waals surface area contributed by atoms with Crippen LogP contribution in [-0.2, 0) is 10.8 Å². The average molecular weight is 815 g/mol. The zero-order chi connectivity index (χ0) is 42.2. The summed E-state index contributed by atoms with van der Waals surface area (Å²) >= 11 is 0. The maximum Gasteiger partial charge on any atom is 0.164 e. The highest BCUT2D eigenvalue weighted by Crippen LogP contribution is 2.56. The molecule has 3 unspecified atom stereocenters. The number of hydrogen-bond acceptors (Lipinski definition) is 5. The standard InChI is InChI=1S/C57H58N4O/c1-5-38-25-41-24-37(4)30-57(31-38,33-41)48-18-13-45(14-19-48)55-60-53(59-54(61-55)44-11-16-47(17-12-44)56-28-35(2)22-40(32-56)23-36(3)29-56)43-9-7-42(8-10-43)46-15-21-50-49-20-6-39(34-58)26-51(49)62-52(50)27-46/h6-21,26-27,35-38,40-41H,5,22-25,28-33H2,1-4H3/t35-,36+,37-,38+,40?,41-,56?,57?/m0/s1. The van der Waals surface area contributed by atoms with Gasteiger partial charge in [0.25, 0.3) is 0 Å². The lowest BCUT2D eigenvalue weighted by Crippen LogP contribution is -2.42. The quantitative estimate of drug-likeness (QED) is 0.160. The van der Waals surface area contributed by atoms with Crippen molar-refractivity contribution >= 4 is 21.9 Å². The van der Waals surface area contributed by atoms with E-state index in [0.29, 0.717) is 23.0 Å². The SMILES string of the molecule is CC[C@@H]1C[C@@H]2C[C@H](C)CC(c3ccc(-c4nc(-c5ccc(-c6ccc7c(c6)oc6cc(C#N)ccc67)cc5)nc(-c5ccc(C67CC(C[C@@H](C)C6)C[C@H](C)C7)cc5)n4)cc3)(C1)C2. The maximum atomic E-state index is 9.41. The Bertz CT molecular complexity index is 2810. The van der Waals surface area contributed by atoms with Gasteiger partial charge in [0.2, 0.25) is 0 Å². The Labute approximate surface area is 367 Å². The zero-order valence-electron chi connectivity index (χ0n) is 36.8. The van der Waals surface area contributed by atoms with Crippen molar-refractivity contribution in [3.05, 3.63) is 126 Å². The Kier molecular flexibility index (Phi) is 9.71. The smallest absolute Gasteiger partial charge is 0.164 e. The number of hydrogen-bond donors (Lipinski definition) is 0. The summed E-state index contributed by atoms with van der Waals surface area (Å²) in [6.07, 6.45) is 14.7. The van der Waals surface area contributed by atoms with Crippen molar-refractivity contribution in [1.82, 2.24) is 15.0 Å². The summed E-state index contributed by atoms with van der Waals surface area (Å²) < 4.78 is 6.23. The molecule has 4 fully saturated rings. The van der Waals surface area contributed by atoms with Gasteiger partial charge < -0.3 is 4.42 Å². The van der Waals surface area contributed by atoms with Gasteiger partial charge in [-0.3, -0.25) is 0 Å². The molecule has 2 heterocycles. The van der Waals surface area contributed by atoms with Crippen molar-refractivity contribution in [2.45, 2.75) is 109 Å². The van der Waals surface area contributed by atoms with Crippen LogP contribution in [0.15, 0.2) is 114 Å². The van der Waals surface area contributed by atoms with Gasteiger partial charge in [0.05, 0.1) is 11.6 Å². The minimum atomic E-state index is 0.276. The topological polar surface area (TPSA) is 75.6 Å². The first-order valence-electron chi connectivity index (χ1n) is 23.6. The van der Waals surface area contributed by atoms with Gasteiger partial charge in [0.15, 0.2) is 17.5 Å². The van der Waals surface area contributed by atoms with Gasteiger partial charge in [0, 0.05) is 27.5 Å². The second kappa shape index (κ2) is 15.3. The molecular weight excluding hydrogens is 757 g/mol. The van der Waals surface area contributed by atoms with Crippen LogP contribution in [0.1, 0.15) is 115 Å². The van der Waals surface area contributed by atoms with Crippen molar-refractivity contribution in [2.75, 3.05) is 0 Å². The number of rotatable bonds is 7. The second-order valence-corrected chi connectivity index (χ2v) is 20.7. The molecule has 4 aliphatic rings. The van der Waals surface area contributed by atoms with Gasteiger partial charge in [-0.15, -0.1) is 0 Å². The molecule has 4 aliphatic carbocycles. The molecule has 0 aliphatic heterocycles. The van der Waals surface area contributed by atoms with Gasteiger partial charge in [-0.2, -0.15) is 5.26 Å². The highest BCUT2D eigenvalue weighted by Gasteiger charge is 2.46. The maximum absolute atomic E-state index is 9.41. The van der Waals surface area contributed by atoms with E-state index < -0.39 is 0 Å². The summed E-state index contributed by atoms with van der Waals surface area (Å²) in [4.78, 5) is 15.7. The van der Waals surface area contributed by atoms with Gasteiger partial charge in [-0.05, 0) is 163 Å². The van der Waals surface area contributed by atoms with Crippen LogP contribution in [0.3, 0.4) is 0 Å². The first-order valence-corrected chi connectivity index (χ1v) is 23.6. The predicted octanol–water partition coefficient (Wildman–Crippen LogP) is 14.9. The molecule has 8 atom stereocenters. The highest BCUT2D eigenvalue weighted by molar-refractivity contribution is 6.06. The molecule has 4 bridgehead atoms. The molecule has 62 heavy (non-hydrogen) atoms. The lowest BCUT2D eigenvalue weighted by molar-refractivity contribution is 0.0702. The monoisotopic (exact) mass is 814 g/mol. The van der Waals surface area contributed by atoms with Gasteiger partial charge in [0.1, 0.15) is 11.2 Å². The van der Waals surface area contributed by atoms with E-state index in [1.54, 1.807) is 0 Å². The fraction of sp³-hybridized carbons (Fsp3) is 0.404. The number of aromatic nitrogens is 3. The first kappa shape index (κ1) is 39.3. The van der Waals surface area contributed by atoms with Crippen LogP contribution < -0.4 is 0 Å². The molecule has 2 aromatic heterocycles. The van der Waals surface area contributed by atoms with Crippen LogP contribution in [0.5, 0.6) is 0 Å². The zero-order valence-corrected chi connectivity index (χ0v) is 36.8. The molecular formula is C57H58N4O. The molecule has 0 amide bonds.